The molecule has 2 aromatic carbocycles. The maximum atomic E-state index is 11.1. The average Bonchev–Trinajstić information content (AvgIpc) is 3.24. The quantitative estimate of drug-likeness (QED) is 0.602. The number of aliphatic hydroxyl groups is 1. The van der Waals surface area contributed by atoms with Gasteiger partial charge in [0.05, 0.1) is 23.8 Å². The van der Waals surface area contributed by atoms with Crippen LogP contribution in [0.15, 0.2) is 77.4 Å². The molecule has 0 aliphatic carbocycles. The zero-order chi connectivity index (χ0) is 17.4. The first-order chi connectivity index (χ1) is 12.1. The molecular weight excluding hydrogens is 314 g/mol. The Kier molecular flexibility index (Phi) is 3.58. The zero-order valence-electron chi connectivity index (χ0n) is 13.9. The lowest BCUT2D eigenvalue weighted by Crippen LogP contribution is -2.40. The van der Waals surface area contributed by atoms with Crippen molar-refractivity contribution in [3.63, 3.8) is 0 Å². The normalized spacial score (nSPS) is 13.8. The molecular formula is C20H19N3O2. The maximum absolute atomic E-state index is 11.1. The van der Waals surface area contributed by atoms with Gasteiger partial charge in [0.1, 0.15) is 0 Å². The number of furan rings is 1. The fraction of sp³-hybridized carbons (Fsp3) is 0.150. The second kappa shape index (κ2) is 5.79. The number of imidazole rings is 1. The zero-order valence-corrected chi connectivity index (χ0v) is 13.9. The van der Waals surface area contributed by atoms with Crippen LogP contribution in [0.4, 0.5) is 0 Å². The van der Waals surface area contributed by atoms with Gasteiger partial charge in [-0.2, -0.15) is 0 Å². The van der Waals surface area contributed by atoms with Crippen LogP contribution in [0.5, 0.6) is 0 Å². The molecule has 0 radical (unpaired) electrons. The van der Waals surface area contributed by atoms with Crippen molar-refractivity contribution in [2.24, 2.45) is 0 Å². The van der Waals surface area contributed by atoms with Crippen molar-refractivity contribution in [3.8, 4) is 0 Å². The second-order valence-electron chi connectivity index (χ2n) is 6.22. The molecule has 0 saturated carbocycles. The van der Waals surface area contributed by atoms with Gasteiger partial charge in [-0.15, -0.1) is 0 Å². The van der Waals surface area contributed by atoms with E-state index in [1.165, 1.54) is 6.26 Å². The van der Waals surface area contributed by atoms with Crippen LogP contribution in [0.2, 0.25) is 0 Å². The van der Waals surface area contributed by atoms with Crippen molar-refractivity contribution in [1.82, 2.24) is 9.13 Å². The number of nitrogens with one attached hydrogen (secondary N) is 1. The van der Waals surface area contributed by atoms with Crippen LogP contribution < -0.4 is 5.62 Å². The minimum atomic E-state index is -1.46. The lowest BCUT2D eigenvalue weighted by Gasteiger charge is -2.23. The van der Waals surface area contributed by atoms with Crippen LogP contribution in [-0.2, 0) is 12.3 Å². The van der Waals surface area contributed by atoms with E-state index in [9.17, 15) is 5.11 Å². The predicted molar refractivity (Wildman–Crippen MR) is 95.0 cm³/mol. The predicted octanol–water partition coefficient (Wildman–Crippen LogP) is 3.28. The van der Waals surface area contributed by atoms with E-state index in [2.05, 4.69) is 0 Å². The average molecular weight is 333 g/mol. The summed E-state index contributed by atoms with van der Waals surface area (Å²) in [5.74, 6) is 0.397. The third-order valence-corrected chi connectivity index (χ3v) is 4.49. The van der Waals surface area contributed by atoms with Crippen molar-refractivity contribution in [2.75, 3.05) is 0 Å². The van der Waals surface area contributed by atoms with Gasteiger partial charge in [0.25, 0.3) is 0 Å². The molecule has 0 saturated heterocycles. The third kappa shape index (κ3) is 2.49. The number of rotatable bonds is 4. The fourth-order valence-corrected chi connectivity index (χ4v) is 3.26. The minimum absolute atomic E-state index is 0.214. The van der Waals surface area contributed by atoms with Gasteiger partial charge in [-0.1, -0.05) is 42.5 Å². The molecule has 1 atom stereocenters. The molecule has 0 amide bonds. The standard InChI is InChI=1S/C20H19N3O2/c1-20(24,18-12-7-13-25-18)23-17-11-6-5-10-16(17)22(19(23)21)14-15-8-3-2-4-9-15/h2-13,21,24H,14H2,1H3. The summed E-state index contributed by atoms with van der Waals surface area (Å²) < 4.78 is 8.91. The Balaban J connectivity index is 1.95. The number of benzene rings is 2. The van der Waals surface area contributed by atoms with Gasteiger partial charge in [-0.05, 0) is 36.8 Å². The summed E-state index contributed by atoms with van der Waals surface area (Å²) in [6.45, 7) is 2.20. The summed E-state index contributed by atoms with van der Waals surface area (Å²) in [5.41, 5.74) is 1.53. The van der Waals surface area contributed by atoms with Gasteiger partial charge in [0, 0.05) is 0 Å². The summed E-state index contributed by atoms with van der Waals surface area (Å²) in [4.78, 5) is 0. The van der Waals surface area contributed by atoms with Crippen LogP contribution in [0.1, 0.15) is 18.2 Å². The first-order valence-corrected chi connectivity index (χ1v) is 8.14. The van der Waals surface area contributed by atoms with Crippen LogP contribution >= 0.6 is 0 Å². The smallest absolute Gasteiger partial charge is 0.206 e. The summed E-state index contributed by atoms with van der Waals surface area (Å²) >= 11 is 0. The van der Waals surface area contributed by atoms with Gasteiger partial charge in [0.2, 0.25) is 11.3 Å². The Hall–Kier alpha value is -3.05. The van der Waals surface area contributed by atoms with E-state index in [-0.39, 0.29) is 5.62 Å². The molecule has 1 unspecified atom stereocenters. The topological polar surface area (TPSA) is 67.1 Å². The Bertz CT molecular complexity index is 1060. The first-order valence-electron chi connectivity index (χ1n) is 8.14. The summed E-state index contributed by atoms with van der Waals surface area (Å²) in [6.07, 6.45) is 1.52. The van der Waals surface area contributed by atoms with Crippen molar-refractivity contribution in [1.29, 1.82) is 5.41 Å². The number of hydrogen-bond acceptors (Lipinski definition) is 3. The highest BCUT2D eigenvalue weighted by molar-refractivity contribution is 5.76. The molecule has 2 heterocycles. The van der Waals surface area contributed by atoms with E-state index in [0.717, 1.165) is 16.6 Å². The Morgan fingerprint density at radius 1 is 0.960 bits per heavy atom. The molecule has 5 heteroatoms. The van der Waals surface area contributed by atoms with Gasteiger partial charge in [-0.3, -0.25) is 9.98 Å². The van der Waals surface area contributed by atoms with Crippen molar-refractivity contribution in [3.05, 3.63) is 89.9 Å². The minimum Gasteiger partial charge on any atom is -0.464 e. The van der Waals surface area contributed by atoms with Crippen LogP contribution in [0.25, 0.3) is 11.0 Å². The lowest BCUT2D eigenvalue weighted by molar-refractivity contribution is 0.00294. The Morgan fingerprint density at radius 3 is 2.32 bits per heavy atom. The van der Waals surface area contributed by atoms with E-state index < -0.39 is 5.72 Å². The highest BCUT2D eigenvalue weighted by Gasteiger charge is 2.32. The van der Waals surface area contributed by atoms with Crippen molar-refractivity contribution >= 4 is 11.0 Å². The molecule has 5 nitrogen and oxygen atoms in total. The largest absolute Gasteiger partial charge is 0.464 e. The molecule has 126 valence electrons. The van der Waals surface area contributed by atoms with E-state index >= 15 is 0 Å². The third-order valence-electron chi connectivity index (χ3n) is 4.49. The molecule has 25 heavy (non-hydrogen) atoms. The SMILES string of the molecule is CC(O)(c1ccco1)n1c(=N)n(Cc2ccccc2)c2ccccc21. The van der Waals surface area contributed by atoms with Crippen molar-refractivity contribution < 1.29 is 9.52 Å². The van der Waals surface area contributed by atoms with E-state index in [4.69, 9.17) is 9.83 Å². The highest BCUT2D eigenvalue weighted by atomic mass is 16.4. The lowest BCUT2D eigenvalue weighted by atomic mass is 10.2. The fourth-order valence-electron chi connectivity index (χ4n) is 3.26. The molecule has 0 aliphatic heterocycles. The van der Waals surface area contributed by atoms with Gasteiger partial charge in [0.15, 0.2) is 5.76 Å². The van der Waals surface area contributed by atoms with Crippen LogP contribution in [-0.4, -0.2) is 14.2 Å². The summed E-state index contributed by atoms with van der Waals surface area (Å²) in [7, 11) is 0. The molecule has 4 aromatic rings. The Labute approximate surface area is 144 Å². The van der Waals surface area contributed by atoms with E-state index in [0.29, 0.717) is 12.3 Å². The van der Waals surface area contributed by atoms with Crippen LogP contribution in [0.3, 0.4) is 0 Å². The number of nitrogens with zero attached hydrogens (tertiary/aromatic N) is 2. The number of fused-ring (bicyclic) bond motifs is 1. The second-order valence-corrected chi connectivity index (χ2v) is 6.22. The first kappa shape index (κ1) is 15.5. The molecule has 2 aromatic heterocycles. The molecule has 0 bridgehead atoms. The van der Waals surface area contributed by atoms with Gasteiger partial charge >= 0.3 is 0 Å². The van der Waals surface area contributed by atoms with Gasteiger partial charge < -0.3 is 14.1 Å². The monoisotopic (exact) mass is 333 g/mol. The molecule has 4 rings (SSSR count). The number of para-hydroxylation sites is 2. The van der Waals surface area contributed by atoms with E-state index in [1.54, 1.807) is 23.6 Å². The molecule has 0 fully saturated rings. The molecule has 2 N–H and O–H groups in total. The number of hydrogen-bond donors (Lipinski definition) is 2. The van der Waals surface area contributed by atoms with Crippen molar-refractivity contribution in [2.45, 2.75) is 19.2 Å². The molecule has 0 spiro atoms. The molecule has 0 aliphatic rings. The van der Waals surface area contributed by atoms with E-state index in [1.807, 2.05) is 59.2 Å². The maximum Gasteiger partial charge on any atom is 0.206 e. The van der Waals surface area contributed by atoms with Crippen LogP contribution in [0, 0.1) is 5.41 Å². The Morgan fingerprint density at radius 2 is 1.64 bits per heavy atom. The van der Waals surface area contributed by atoms with Gasteiger partial charge in [-0.25, -0.2) is 0 Å². The summed E-state index contributed by atoms with van der Waals surface area (Å²) in [6, 6.07) is 21.2. The highest BCUT2D eigenvalue weighted by Crippen LogP contribution is 2.27. The number of aromatic nitrogens is 2. The summed E-state index contributed by atoms with van der Waals surface area (Å²) in [5, 5.41) is 19.8.